The lowest BCUT2D eigenvalue weighted by molar-refractivity contribution is 0.0566. The van der Waals surface area contributed by atoms with Crippen molar-refractivity contribution in [2.24, 2.45) is 11.3 Å². The highest BCUT2D eigenvalue weighted by Gasteiger charge is 2.43. The Labute approximate surface area is 136 Å². The van der Waals surface area contributed by atoms with Crippen LogP contribution in [0.1, 0.15) is 55.0 Å². The Bertz CT molecular complexity index is 495. The minimum absolute atomic E-state index is 0.0277. The minimum Gasteiger partial charge on any atom is -0.396 e. The van der Waals surface area contributed by atoms with Crippen LogP contribution in [0.3, 0.4) is 0 Å². The second-order valence-corrected chi connectivity index (χ2v) is 7.42. The number of ether oxygens (including phenoxy) is 1. The summed E-state index contributed by atoms with van der Waals surface area (Å²) in [6.45, 7) is 4.74. The van der Waals surface area contributed by atoms with Gasteiger partial charge in [-0.25, -0.2) is 4.98 Å². The molecule has 6 heteroatoms. The Hall–Kier alpha value is -0.980. The molecule has 0 spiro atoms. The van der Waals surface area contributed by atoms with Gasteiger partial charge >= 0.3 is 0 Å². The van der Waals surface area contributed by atoms with Gasteiger partial charge in [0, 0.05) is 23.9 Å². The van der Waals surface area contributed by atoms with E-state index in [9.17, 15) is 9.90 Å². The molecule has 1 aliphatic carbocycles. The van der Waals surface area contributed by atoms with E-state index in [4.69, 9.17) is 4.74 Å². The second kappa shape index (κ2) is 7.53. The highest BCUT2D eigenvalue weighted by Crippen LogP contribution is 2.43. The maximum absolute atomic E-state index is 12.5. The number of carbonyl (C=O) groups is 1. The number of hydrogen-bond acceptors (Lipinski definition) is 5. The van der Waals surface area contributed by atoms with Gasteiger partial charge < -0.3 is 15.2 Å². The van der Waals surface area contributed by atoms with Crippen LogP contribution in [0.5, 0.6) is 0 Å². The topological polar surface area (TPSA) is 71.5 Å². The lowest BCUT2D eigenvalue weighted by Gasteiger charge is -2.39. The number of aliphatic hydroxyl groups excluding tert-OH is 1. The minimum atomic E-state index is -0.185. The Morgan fingerprint density at radius 3 is 2.73 bits per heavy atom. The van der Waals surface area contributed by atoms with Gasteiger partial charge in [-0.2, -0.15) is 0 Å². The summed E-state index contributed by atoms with van der Waals surface area (Å²) in [6.07, 6.45) is 4.18. The van der Waals surface area contributed by atoms with Gasteiger partial charge in [0.15, 0.2) is 0 Å². The first kappa shape index (κ1) is 17.4. The lowest BCUT2D eigenvalue weighted by Crippen LogP contribution is -2.51. The molecule has 0 aromatic carbocycles. The van der Waals surface area contributed by atoms with Crippen molar-refractivity contribution in [3.63, 3.8) is 0 Å². The molecule has 1 aromatic heterocycles. The predicted octanol–water partition coefficient (Wildman–Crippen LogP) is 2.60. The van der Waals surface area contributed by atoms with Crippen molar-refractivity contribution in [2.75, 3.05) is 13.7 Å². The highest BCUT2D eigenvalue weighted by molar-refractivity contribution is 7.09. The molecule has 1 heterocycles. The van der Waals surface area contributed by atoms with Gasteiger partial charge in [-0.3, -0.25) is 4.79 Å². The molecule has 1 fully saturated rings. The third-order valence-corrected chi connectivity index (χ3v) is 5.40. The summed E-state index contributed by atoms with van der Waals surface area (Å²) in [6, 6.07) is -0.0277. The van der Waals surface area contributed by atoms with E-state index in [1.54, 1.807) is 12.5 Å². The molecule has 2 rings (SSSR count). The summed E-state index contributed by atoms with van der Waals surface area (Å²) in [7, 11) is 1.61. The van der Waals surface area contributed by atoms with E-state index in [2.05, 4.69) is 24.1 Å². The summed E-state index contributed by atoms with van der Waals surface area (Å²) in [5.41, 5.74) is 0.253. The molecule has 0 bridgehead atoms. The zero-order chi connectivity index (χ0) is 16.2. The van der Waals surface area contributed by atoms with Crippen LogP contribution in [0.15, 0.2) is 5.38 Å². The molecule has 1 saturated carbocycles. The molecule has 22 heavy (non-hydrogen) atoms. The predicted molar refractivity (Wildman–Crippen MR) is 86.9 cm³/mol. The van der Waals surface area contributed by atoms with E-state index in [0.717, 1.165) is 30.7 Å². The number of methoxy groups -OCH3 is 1. The molecule has 1 aliphatic rings. The third-order valence-electron chi connectivity index (χ3n) is 4.58. The summed E-state index contributed by atoms with van der Waals surface area (Å²) >= 11 is 1.43. The molecule has 1 amide bonds. The van der Waals surface area contributed by atoms with Crippen molar-refractivity contribution >= 4 is 17.2 Å². The van der Waals surface area contributed by atoms with Gasteiger partial charge in [0.1, 0.15) is 10.7 Å². The molecular weight excluding hydrogens is 300 g/mol. The molecule has 0 unspecified atom stereocenters. The van der Waals surface area contributed by atoms with Crippen LogP contribution < -0.4 is 5.32 Å². The molecule has 1 atom stereocenters. The molecule has 2 N–H and O–H groups in total. The number of aliphatic hydroxyl groups is 1. The zero-order valence-corrected chi connectivity index (χ0v) is 14.4. The molecule has 5 nitrogen and oxygen atoms in total. The molecule has 124 valence electrons. The molecule has 1 aromatic rings. The summed E-state index contributed by atoms with van der Waals surface area (Å²) in [4.78, 5) is 16.8. The monoisotopic (exact) mass is 326 g/mol. The first-order chi connectivity index (χ1) is 10.5. The number of rotatable bonds is 7. The smallest absolute Gasteiger partial charge is 0.271 e. The van der Waals surface area contributed by atoms with Gasteiger partial charge in [0.2, 0.25) is 0 Å². The van der Waals surface area contributed by atoms with Crippen molar-refractivity contribution < 1.29 is 14.6 Å². The van der Waals surface area contributed by atoms with E-state index in [1.165, 1.54) is 11.3 Å². The lowest BCUT2D eigenvalue weighted by atomic mass is 9.74. The Morgan fingerprint density at radius 2 is 2.18 bits per heavy atom. The maximum atomic E-state index is 12.5. The Morgan fingerprint density at radius 1 is 1.50 bits per heavy atom. The van der Waals surface area contributed by atoms with Gasteiger partial charge in [-0.1, -0.05) is 26.7 Å². The van der Waals surface area contributed by atoms with Crippen molar-refractivity contribution in [2.45, 2.75) is 52.2 Å². The quantitative estimate of drug-likeness (QED) is 0.808. The first-order valence-electron chi connectivity index (χ1n) is 7.87. The summed E-state index contributed by atoms with van der Waals surface area (Å²) in [5, 5.41) is 15.6. The van der Waals surface area contributed by atoms with Gasteiger partial charge in [-0.05, 0) is 18.8 Å². The average Bonchev–Trinajstić information content (AvgIpc) is 3.14. The normalized spacial score (nSPS) is 18.6. The third kappa shape index (κ3) is 3.67. The van der Waals surface area contributed by atoms with E-state index in [1.807, 2.05) is 0 Å². The fourth-order valence-corrected chi connectivity index (χ4v) is 4.24. The summed E-state index contributed by atoms with van der Waals surface area (Å²) in [5.74, 6) is 0.114. The van der Waals surface area contributed by atoms with Crippen LogP contribution in [0.25, 0.3) is 0 Å². The highest BCUT2D eigenvalue weighted by atomic mass is 32.1. The first-order valence-corrected chi connectivity index (χ1v) is 8.75. The van der Waals surface area contributed by atoms with Gasteiger partial charge in [-0.15, -0.1) is 11.3 Å². The fourth-order valence-electron chi connectivity index (χ4n) is 3.49. The summed E-state index contributed by atoms with van der Waals surface area (Å²) < 4.78 is 5.04. The van der Waals surface area contributed by atoms with E-state index in [0.29, 0.717) is 12.3 Å². The number of amides is 1. The van der Waals surface area contributed by atoms with Crippen molar-refractivity contribution in [3.8, 4) is 0 Å². The number of aromatic nitrogens is 1. The second-order valence-electron chi connectivity index (χ2n) is 6.48. The van der Waals surface area contributed by atoms with Crippen LogP contribution in [0, 0.1) is 11.3 Å². The number of hydrogen-bond donors (Lipinski definition) is 2. The molecule has 0 radical (unpaired) electrons. The largest absolute Gasteiger partial charge is 0.396 e. The van der Waals surface area contributed by atoms with E-state index in [-0.39, 0.29) is 29.9 Å². The Balaban J connectivity index is 2.11. The van der Waals surface area contributed by atoms with Crippen LogP contribution >= 0.6 is 11.3 Å². The molecule has 0 saturated heterocycles. The maximum Gasteiger partial charge on any atom is 0.271 e. The van der Waals surface area contributed by atoms with Crippen LogP contribution in [-0.2, 0) is 11.3 Å². The van der Waals surface area contributed by atoms with E-state index < -0.39 is 0 Å². The van der Waals surface area contributed by atoms with Crippen LogP contribution in [0.4, 0.5) is 0 Å². The fraction of sp³-hybridized carbons (Fsp3) is 0.750. The SMILES string of the molecule is COCc1nc(C(=O)N[C@@H](C(C)C)C2(CO)CCCC2)cs1. The van der Waals surface area contributed by atoms with Crippen molar-refractivity contribution in [1.82, 2.24) is 10.3 Å². The average molecular weight is 326 g/mol. The van der Waals surface area contributed by atoms with Gasteiger partial charge in [0.25, 0.3) is 5.91 Å². The molecule has 0 aliphatic heterocycles. The number of thiazole rings is 1. The molecular formula is C16H26N2O3S. The zero-order valence-electron chi connectivity index (χ0n) is 13.6. The van der Waals surface area contributed by atoms with Crippen LogP contribution in [-0.4, -0.2) is 35.8 Å². The van der Waals surface area contributed by atoms with Crippen molar-refractivity contribution in [3.05, 3.63) is 16.1 Å². The van der Waals surface area contributed by atoms with E-state index >= 15 is 0 Å². The van der Waals surface area contributed by atoms with Gasteiger partial charge in [0.05, 0.1) is 13.2 Å². The van der Waals surface area contributed by atoms with Crippen LogP contribution in [0.2, 0.25) is 0 Å². The number of nitrogens with one attached hydrogen (secondary N) is 1. The Kier molecular flexibility index (Phi) is 5.94. The van der Waals surface area contributed by atoms with Crippen molar-refractivity contribution in [1.29, 1.82) is 0 Å². The standard InChI is InChI=1S/C16H26N2O3S/c1-11(2)14(16(10-19)6-4-5-7-16)18-15(20)12-9-22-13(17-12)8-21-3/h9,11,14,19H,4-8,10H2,1-3H3,(H,18,20)/t14-/m0/s1. The number of nitrogens with zero attached hydrogens (tertiary/aromatic N) is 1. The number of carbonyl (C=O) groups excluding carboxylic acids is 1.